The normalized spacial score (nSPS) is 26.9. The van der Waals surface area contributed by atoms with Gasteiger partial charge in [0.25, 0.3) is 0 Å². The summed E-state index contributed by atoms with van der Waals surface area (Å²) in [5.41, 5.74) is 4.54. The number of nitrogens with two attached hydrogens (primary N) is 1. The lowest BCUT2D eigenvalue weighted by atomic mass is 9.93. The maximum atomic E-state index is 11.6. The number of carbonyl (C=O) groups is 1. The summed E-state index contributed by atoms with van der Waals surface area (Å²) in [7, 11) is 0. The summed E-state index contributed by atoms with van der Waals surface area (Å²) in [5, 5.41) is 9.96. The molecule has 0 aromatic heterocycles. The third kappa shape index (κ3) is 3.35. The van der Waals surface area contributed by atoms with Crippen LogP contribution in [0.1, 0.15) is 26.7 Å². The monoisotopic (exact) mass is 216 g/mol. The van der Waals surface area contributed by atoms with Gasteiger partial charge in [-0.3, -0.25) is 0 Å². The zero-order valence-corrected chi connectivity index (χ0v) is 9.40. The Morgan fingerprint density at radius 1 is 1.67 bits per heavy atom. The van der Waals surface area contributed by atoms with Crippen LogP contribution in [-0.4, -0.2) is 47.4 Å². The van der Waals surface area contributed by atoms with Gasteiger partial charge in [0.15, 0.2) is 0 Å². The Morgan fingerprint density at radius 3 is 2.87 bits per heavy atom. The highest BCUT2D eigenvalue weighted by Crippen LogP contribution is 2.20. The van der Waals surface area contributed by atoms with Gasteiger partial charge in [0, 0.05) is 13.1 Å². The summed E-state index contributed by atoms with van der Waals surface area (Å²) in [5.74, 6) is 0. The van der Waals surface area contributed by atoms with E-state index in [1.807, 2.05) is 0 Å². The number of hydrogen-bond acceptors (Lipinski definition) is 4. The van der Waals surface area contributed by atoms with Crippen molar-refractivity contribution in [3.63, 3.8) is 0 Å². The highest BCUT2D eigenvalue weighted by atomic mass is 16.6. The van der Waals surface area contributed by atoms with Crippen LogP contribution < -0.4 is 5.73 Å². The van der Waals surface area contributed by atoms with Crippen molar-refractivity contribution in [3.05, 3.63) is 0 Å². The molecule has 0 saturated carbocycles. The van der Waals surface area contributed by atoms with Gasteiger partial charge in [-0.1, -0.05) is 0 Å². The average Bonchev–Trinajstić information content (AvgIpc) is 2.17. The molecule has 88 valence electrons. The molecule has 0 aliphatic carbocycles. The quantitative estimate of drug-likeness (QED) is 0.697. The third-order valence-electron chi connectivity index (χ3n) is 2.53. The van der Waals surface area contributed by atoms with Crippen LogP contribution in [0.3, 0.4) is 0 Å². The van der Waals surface area contributed by atoms with Crippen molar-refractivity contribution in [1.29, 1.82) is 0 Å². The average molecular weight is 216 g/mol. The molecule has 1 unspecified atom stereocenters. The minimum absolute atomic E-state index is 0.134. The molecule has 0 radical (unpaired) electrons. The van der Waals surface area contributed by atoms with Crippen molar-refractivity contribution in [1.82, 2.24) is 4.90 Å². The van der Waals surface area contributed by atoms with Crippen LogP contribution in [0.15, 0.2) is 0 Å². The SMILES string of the molecule is CC(C)OC(=O)N1CCCC(O)(CN)C1. The number of likely N-dealkylation sites (tertiary alicyclic amines) is 1. The third-order valence-corrected chi connectivity index (χ3v) is 2.53. The number of nitrogens with zero attached hydrogens (tertiary/aromatic N) is 1. The summed E-state index contributed by atoms with van der Waals surface area (Å²) in [6.45, 7) is 4.69. The second-order valence-corrected chi connectivity index (χ2v) is 4.39. The lowest BCUT2D eigenvalue weighted by Crippen LogP contribution is -2.54. The fourth-order valence-corrected chi connectivity index (χ4v) is 1.71. The molecule has 5 nitrogen and oxygen atoms in total. The van der Waals surface area contributed by atoms with Crippen LogP contribution in [0.5, 0.6) is 0 Å². The summed E-state index contributed by atoms with van der Waals surface area (Å²) in [4.78, 5) is 13.1. The molecule has 15 heavy (non-hydrogen) atoms. The number of carbonyl (C=O) groups excluding carboxylic acids is 1. The van der Waals surface area contributed by atoms with Crippen molar-refractivity contribution in [2.45, 2.75) is 38.4 Å². The van der Waals surface area contributed by atoms with E-state index in [4.69, 9.17) is 10.5 Å². The fourth-order valence-electron chi connectivity index (χ4n) is 1.71. The Bertz CT molecular complexity index is 233. The standard InChI is InChI=1S/C10H20N2O3/c1-8(2)15-9(13)12-5-3-4-10(14,6-11)7-12/h8,14H,3-7,11H2,1-2H3. The van der Waals surface area contributed by atoms with Crippen LogP contribution >= 0.6 is 0 Å². The first-order chi connectivity index (χ1) is 6.97. The van der Waals surface area contributed by atoms with Gasteiger partial charge < -0.3 is 20.5 Å². The second kappa shape index (κ2) is 4.81. The van der Waals surface area contributed by atoms with Gasteiger partial charge in [-0.25, -0.2) is 4.79 Å². The van der Waals surface area contributed by atoms with Crippen molar-refractivity contribution in [3.8, 4) is 0 Å². The number of piperidine rings is 1. The molecule has 3 N–H and O–H groups in total. The predicted molar refractivity (Wildman–Crippen MR) is 56.4 cm³/mol. The molecule has 0 bridgehead atoms. The summed E-state index contributed by atoms with van der Waals surface area (Å²) < 4.78 is 5.06. The van der Waals surface area contributed by atoms with E-state index in [1.54, 1.807) is 13.8 Å². The molecule has 1 aliphatic rings. The highest BCUT2D eigenvalue weighted by Gasteiger charge is 2.34. The lowest BCUT2D eigenvalue weighted by Gasteiger charge is -2.38. The first-order valence-electron chi connectivity index (χ1n) is 5.35. The number of rotatable bonds is 2. The number of hydrogen-bond donors (Lipinski definition) is 2. The fraction of sp³-hybridized carbons (Fsp3) is 0.900. The Morgan fingerprint density at radius 2 is 2.33 bits per heavy atom. The van der Waals surface area contributed by atoms with Crippen molar-refractivity contribution < 1.29 is 14.6 Å². The van der Waals surface area contributed by atoms with E-state index >= 15 is 0 Å². The summed E-state index contributed by atoms with van der Waals surface area (Å²) in [6, 6.07) is 0. The van der Waals surface area contributed by atoms with Gasteiger partial charge in [-0.05, 0) is 26.7 Å². The molecular formula is C10H20N2O3. The van der Waals surface area contributed by atoms with Gasteiger partial charge in [-0.2, -0.15) is 0 Å². The van der Waals surface area contributed by atoms with Crippen molar-refractivity contribution in [2.24, 2.45) is 5.73 Å². The van der Waals surface area contributed by atoms with E-state index in [1.165, 1.54) is 4.90 Å². The Kier molecular flexibility index (Phi) is 3.93. The highest BCUT2D eigenvalue weighted by molar-refractivity contribution is 5.68. The van der Waals surface area contributed by atoms with Gasteiger partial charge in [0.1, 0.15) is 0 Å². The molecule has 1 heterocycles. The summed E-state index contributed by atoms with van der Waals surface area (Å²) >= 11 is 0. The molecule has 1 saturated heterocycles. The molecule has 0 aromatic carbocycles. The molecule has 0 aromatic rings. The number of β-amino-alcohol motifs (C(OH)–C–C–N with tert-alkyl or cyclic N) is 1. The van der Waals surface area contributed by atoms with E-state index in [0.717, 1.165) is 6.42 Å². The predicted octanol–water partition coefficient (Wildman–Crippen LogP) is 0.317. The molecule has 0 spiro atoms. The van der Waals surface area contributed by atoms with Crippen LogP contribution in [0.25, 0.3) is 0 Å². The molecule has 1 atom stereocenters. The van der Waals surface area contributed by atoms with Gasteiger partial charge in [0.2, 0.25) is 0 Å². The molecule has 1 amide bonds. The van der Waals surface area contributed by atoms with E-state index in [0.29, 0.717) is 13.0 Å². The molecule has 1 rings (SSSR count). The van der Waals surface area contributed by atoms with Crippen LogP contribution in [-0.2, 0) is 4.74 Å². The lowest BCUT2D eigenvalue weighted by molar-refractivity contribution is -0.0265. The Hall–Kier alpha value is -0.810. The maximum absolute atomic E-state index is 11.6. The summed E-state index contributed by atoms with van der Waals surface area (Å²) in [6.07, 6.45) is 0.914. The number of ether oxygens (including phenoxy) is 1. The van der Waals surface area contributed by atoms with Gasteiger partial charge in [-0.15, -0.1) is 0 Å². The molecule has 1 fully saturated rings. The smallest absolute Gasteiger partial charge is 0.410 e. The zero-order valence-electron chi connectivity index (χ0n) is 9.40. The van der Waals surface area contributed by atoms with E-state index in [-0.39, 0.29) is 25.3 Å². The van der Waals surface area contributed by atoms with E-state index in [9.17, 15) is 9.90 Å². The molecular weight excluding hydrogens is 196 g/mol. The minimum Gasteiger partial charge on any atom is -0.447 e. The minimum atomic E-state index is -0.936. The van der Waals surface area contributed by atoms with Crippen LogP contribution in [0.2, 0.25) is 0 Å². The van der Waals surface area contributed by atoms with Gasteiger partial charge >= 0.3 is 6.09 Å². The van der Waals surface area contributed by atoms with Gasteiger partial charge in [0.05, 0.1) is 18.2 Å². The second-order valence-electron chi connectivity index (χ2n) is 4.39. The molecule has 5 heteroatoms. The van der Waals surface area contributed by atoms with Crippen LogP contribution in [0.4, 0.5) is 4.79 Å². The topological polar surface area (TPSA) is 75.8 Å². The van der Waals surface area contributed by atoms with E-state index in [2.05, 4.69) is 0 Å². The van der Waals surface area contributed by atoms with Crippen LogP contribution in [0, 0.1) is 0 Å². The molecule has 1 aliphatic heterocycles. The first-order valence-corrected chi connectivity index (χ1v) is 5.35. The number of aliphatic hydroxyl groups is 1. The largest absolute Gasteiger partial charge is 0.447 e. The first kappa shape index (κ1) is 12.3. The van der Waals surface area contributed by atoms with Crippen molar-refractivity contribution in [2.75, 3.05) is 19.6 Å². The zero-order chi connectivity index (χ0) is 11.5. The maximum Gasteiger partial charge on any atom is 0.410 e. The Balaban J connectivity index is 2.52. The Labute approximate surface area is 90.2 Å². The number of amides is 1. The van der Waals surface area contributed by atoms with Crippen molar-refractivity contribution >= 4 is 6.09 Å². The van der Waals surface area contributed by atoms with E-state index < -0.39 is 5.60 Å².